The standard InChI is InChI=1S/C45H36N3O13PS3/c1-4-43(49)46-31-7-19-37(20-8-31)63(53,54)40-25-13-34(14-26-40)59-62(52,60-35-15-27-41(28-16-35)64(55,56)38-21-9-32(10-22-38)47-44(50)5-2)61-36-17-29-42(30-18-36)65(57,58)39-23-11-33(12-24-39)48-45(51)6-3/h4-30H,1-3H2,(H,46,49)(H,47,50)(H,48,51). The van der Waals surface area contributed by atoms with Crippen molar-refractivity contribution in [3.63, 3.8) is 0 Å². The highest BCUT2D eigenvalue weighted by Crippen LogP contribution is 2.50. The fourth-order valence-corrected chi connectivity index (χ4v) is 10.7. The van der Waals surface area contributed by atoms with Crippen LogP contribution in [0, 0.1) is 0 Å². The lowest BCUT2D eigenvalue weighted by molar-refractivity contribution is -0.112. The number of rotatable bonds is 18. The molecule has 0 aromatic heterocycles. The number of hydrogen-bond acceptors (Lipinski definition) is 13. The molecule has 6 aromatic rings. The molecule has 3 amide bonds. The minimum absolute atomic E-state index is 0.0981. The summed E-state index contributed by atoms with van der Waals surface area (Å²) in [5.74, 6) is -2.01. The van der Waals surface area contributed by atoms with Crippen LogP contribution in [0.15, 0.2) is 213 Å². The summed E-state index contributed by atoms with van der Waals surface area (Å²) in [4.78, 5) is 34.1. The molecule has 0 saturated carbocycles. The van der Waals surface area contributed by atoms with Crippen LogP contribution in [0.3, 0.4) is 0 Å². The lowest BCUT2D eigenvalue weighted by Gasteiger charge is -2.20. The van der Waals surface area contributed by atoms with Crippen molar-refractivity contribution in [2.45, 2.75) is 29.4 Å². The van der Waals surface area contributed by atoms with Crippen molar-refractivity contribution in [1.29, 1.82) is 0 Å². The van der Waals surface area contributed by atoms with E-state index in [0.29, 0.717) is 17.1 Å². The van der Waals surface area contributed by atoms with Crippen LogP contribution in [0.2, 0.25) is 0 Å². The van der Waals surface area contributed by atoms with Gasteiger partial charge in [-0.05, 0) is 164 Å². The predicted octanol–water partition coefficient (Wildman–Crippen LogP) is 8.20. The quantitative estimate of drug-likeness (QED) is 0.0545. The molecular weight excluding hydrogens is 918 g/mol. The van der Waals surface area contributed by atoms with E-state index in [1.54, 1.807) is 0 Å². The summed E-state index contributed by atoms with van der Waals surface area (Å²) in [6, 6.07) is 30.4. The maximum absolute atomic E-state index is 14.5. The smallest absolute Gasteiger partial charge is 0.386 e. The number of phosphoric acid groups is 1. The van der Waals surface area contributed by atoms with E-state index in [9.17, 15) is 44.2 Å². The molecule has 20 heteroatoms. The number of hydrogen-bond donors (Lipinski definition) is 3. The Morgan fingerprint density at radius 1 is 0.369 bits per heavy atom. The second kappa shape index (κ2) is 19.4. The van der Waals surface area contributed by atoms with E-state index in [1.165, 1.54) is 146 Å². The highest BCUT2D eigenvalue weighted by molar-refractivity contribution is 7.92. The molecule has 0 saturated heterocycles. The summed E-state index contributed by atoms with van der Waals surface area (Å²) in [6.45, 7) is 10.1. The summed E-state index contributed by atoms with van der Waals surface area (Å²) < 4.78 is 112. The number of benzene rings is 6. The molecule has 0 spiro atoms. The van der Waals surface area contributed by atoms with Crippen LogP contribution in [0.4, 0.5) is 17.1 Å². The van der Waals surface area contributed by atoms with E-state index in [-0.39, 0.29) is 46.6 Å². The van der Waals surface area contributed by atoms with Crippen molar-refractivity contribution in [1.82, 2.24) is 0 Å². The highest BCUT2D eigenvalue weighted by Gasteiger charge is 2.34. The van der Waals surface area contributed by atoms with Gasteiger partial charge < -0.3 is 29.5 Å². The second-order valence-electron chi connectivity index (χ2n) is 13.3. The van der Waals surface area contributed by atoms with Gasteiger partial charge in [0, 0.05) is 17.1 Å². The predicted molar refractivity (Wildman–Crippen MR) is 241 cm³/mol. The van der Waals surface area contributed by atoms with Gasteiger partial charge in [0.05, 0.1) is 29.4 Å². The Morgan fingerprint density at radius 2 is 0.554 bits per heavy atom. The third-order valence-corrected chi connectivity index (χ3v) is 15.6. The average Bonchev–Trinajstić information content (AvgIpc) is 3.29. The van der Waals surface area contributed by atoms with Gasteiger partial charge in [-0.25, -0.2) is 25.3 Å². The zero-order chi connectivity index (χ0) is 47.0. The number of amides is 3. The maximum Gasteiger partial charge on any atom is 0.647 e. The number of carbonyl (C=O) groups is 3. The molecule has 332 valence electrons. The second-order valence-corrected chi connectivity index (χ2v) is 20.6. The molecule has 16 nitrogen and oxygen atoms in total. The number of anilines is 3. The Balaban J connectivity index is 1.26. The fourth-order valence-electron chi connectivity index (χ4n) is 5.62. The first kappa shape index (κ1) is 46.9. The number of nitrogens with one attached hydrogen (secondary N) is 3. The van der Waals surface area contributed by atoms with Gasteiger partial charge in [0.1, 0.15) is 17.2 Å². The van der Waals surface area contributed by atoms with Gasteiger partial charge >= 0.3 is 7.82 Å². The zero-order valence-electron chi connectivity index (χ0n) is 33.7. The third-order valence-electron chi connectivity index (χ3n) is 8.91. The minimum atomic E-state index is -4.86. The summed E-state index contributed by atoms with van der Waals surface area (Å²) in [5, 5.41) is 7.57. The monoisotopic (exact) mass is 953 g/mol. The maximum atomic E-state index is 14.5. The molecule has 3 N–H and O–H groups in total. The van der Waals surface area contributed by atoms with E-state index in [2.05, 4.69) is 35.7 Å². The molecular formula is C45H36N3O13PS3. The van der Waals surface area contributed by atoms with Gasteiger partial charge in [-0.1, -0.05) is 19.7 Å². The largest absolute Gasteiger partial charge is 0.647 e. The third kappa shape index (κ3) is 11.3. The number of sulfone groups is 3. The number of carbonyl (C=O) groups excluding carboxylic acids is 3. The van der Waals surface area contributed by atoms with Gasteiger partial charge in [-0.3, -0.25) is 14.4 Å². The van der Waals surface area contributed by atoms with Crippen molar-refractivity contribution in [2.75, 3.05) is 16.0 Å². The lowest BCUT2D eigenvalue weighted by Crippen LogP contribution is -2.09. The molecule has 0 aliphatic carbocycles. The first-order valence-corrected chi connectivity index (χ1v) is 24.6. The fraction of sp³-hybridized carbons (Fsp3) is 0. The van der Waals surface area contributed by atoms with E-state index in [4.69, 9.17) is 13.6 Å². The van der Waals surface area contributed by atoms with Crippen molar-refractivity contribution in [3.8, 4) is 17.2 Å². The molecule has 0 heterocycles. The molecule has 0 unspecified atom stereocenters. The molecule has 6 aromatic carbocycles. The summed E-state index contributed by atoms with van der Waals surface area (Å²) >= 11 is 0. The van der Waals surface area contributed by atoms with Crippen LogP contribution in [0.25, 0.3) is 0 Å². The van der Waals surface area contributed by atoms with Crippen molar-refractivity contribution in [3.05, 3.63) is 184 Å². The Kier molecular flexibility index (Phi) is 14.0. The van der Waals surface area contributed by atoms with Crippen LogP contribution in [-0.2, 0) is 48.5 Å². The lowest BCUT2D eigenvalue weighted by atomic mass is 10.3. The molecule has 0 bridgehead atoms. The summed E-state index contributed by atoms with van der Waals surface area (Å²) in [5.41, 5.74) is 1.01. The molecule has 0 fully saturated rings. The Labute approximate surface area is 374 Å². The normalized spacial score (nSPS) is 11.6. The highest BCUT2D eigenvalue weighted by atomic mass is 32.2. The van der Waals surface area contributed by atoms with E-state index < -0.39 is 55.1 Å². The van der Waals surface area contributed by atoms with Gasteiger partial charge in [-0.15, -0.1) is 0 Å². The molecule has 0 radical (unpaired) electrons. The van der Waals surface area contributed by atoms with Crippen LogP contribution < -0.4 is 29.5 Å². The first-order chi connectivity index (χ1) is 30.8. The number of phosphoric ester groups is 1. The van der Waals surface area contributed by atoms with Gasteiger partial charge in [0.25, 0.3) is 0 Å². The molecule has 0 atom stereocenters. The Morgan fingerprint density at radius 3 is 0.738 bits per heavy atom. The first-order valence-electron chi connectivity index (χ1n) is 18.7. The SMILES string of the molecule is C=CC(=O)Nc1ccc(S(=O)(=O)c2ccc(OP(=O)(Oc3ccc(S(=O)(=O)c4ccc(NC(=O)C=C)cc4)cc3)Oc3ccc(S(=O)(=O)c4ccc(NC(=O)C=C)cc4)cc3)cc2)cc1. The van der Waals surface area contributed by atoms with Crippen molar-refractivity contribution in [2.24, 2.45) is 0 Å². The van der Waals surface area contributed by atoms with Gasteiger partial charge in [0.2, 0.25) is 47.2 Å². The molecule has 0 aliphatic rings. The van der Waals surface area contributed by atoms with E-state index >= 15 is 0 Å². The van der Waals surface area contributed by atoms with E-state index in [1.807, 2.05) is 0 Å². The Bertz CT molecular complexity index is 2840. The van der Waals surface area contributed by atoms with Gasteiger partial charge in [-0.2, -0.15) is 4.57 Å². The Hall–Kier alpha value is -7.57. The van der Waals surface area contributed by atoms with Crippen LogP contribution in [0.1, 0.15) is 0 Å². The molecule has 65 heavy (non-hydrogen) atoms. The summed E-state index contributed by atoms with van der Waals surface area (Å²) in [6.07, 6.45) is 3.19. The minimum Gasteiger partial charge on any atom is -0.386 e. The molecule has 0 aliphatic heterocycles. The van der Waals surface area contributed by atoms with Crippen molar-refractivity contribution < 1.29 is 57.8 Å². The average molecular weight is 954 g/mol. The topological polar surface area (TPSA) is 234 Å². The van der Waals surface area contributed by atoms with Crippen LogP contribution >= 0.6 is 7.82 Å². The van der Waals surface area contributed by atoms with E-state index in [0.717, 1.165) is 18.2 Å². The zero-order valence-corrected chi connectivity index (χ0v) is 37.0. The van der Waals surface area contributed by atoms with Crippen LogP contribution in [0.5, 0.6) is 17.2 Å². The van der Waals surface area contributed by atoms with Crippen LogP contribution in [-0.4, -0.2) is 43.0 Å². The van der Waals surface area contributed by atoms with Crippen molar-refractivity contribution >= 4 is 72.1 Å². The molecule has 6 rings (SSSR count). The van der Waals surface area contributed by atoms with Gasteiger partial charge in [0.15, 0.2) is 0 Å². The summed E-state index contributed by atoms with van der Waals surface area (Å²) in [7, 11) is -17.1.